The highest BCUT2D eigenvalue weighted by atomic mass is 19.1. The minimum Gasteiger partial charge on any atom is -0.300 e. The number of alkyl halides is 1. The Bertz CT molecular complexity index is 104. The van der Waals surface area contributed by atoms with E-state index >= 15 is 0 Å². The van der Waals surface area contributed by atoms with Crippen molar-refractivity contribution in [2.75, 3.05) is 13.6 Å². The minimum absolute atomic E-state index is 0.167. The Morgan fingerprint density at radius 2 is 1.83 bits per heavy atom. The molecular weight excluding hydrogens is 153 g/mol. The summed E-state index contributed by atoms with van der Waals surface area (Å²) in [5, 5.41) is 0. The Morgan fingerprint density at radius 1 is 1.33 bits per heavy atom. The van der Waals surface area contributed by atoms with Crippen LogP contribution < -0.4 is 0 Å². The first kappa shape index (κ1) is 11.9. The smallest absolute Gasteiger partial charge is 0.117 e. The summed E-state index contributed by atoms with van der Waals surface area (Å²) < 4.78 is 13.0. The maximum Gasteiger partial charge on any atom is 0.117 e. The second-order valence-electron chi connectivity index (χ2n) is 3.52. The summed E-state index contributed by atoms with van der Waals surface area (Å²) in [7, 11) is 2.00. The Hall–Kier alpha value is -0.110. The molecule has 0 aromatic heterocycles. The quantitative estimate of drug-likeness (QED) is 0.592. The van der Waals surface area contributed by atoms with Crippen molar-refractivity contribution in [3.05, 3.63) is 0 Å². The van der Waals surface area contributed by atoms with E-state index in [1.54, 1.807) is 0 Å². The summed E-state index contributed by atoms with van der Waals surface area (Å²) >= 11 is 0. The number of hydrogen-bond donors (Lipinski definition) is 0. The summed E-state index contributed by atoms with van der Waals surface area (Å²) in [5.74, 6) is 0.447. The third-order valence-electron chi connectivity index (χ3n) is 2.32. The van der Waals surface area contributed by atoms with Crippen LogP contribution in [0.4, 0.5) is 4.39 Å². The Kier molecular flexibility index (Phi) is 5.47. The molecule has 0 aliphatic carbocycles. The molecule has 2 heteroatoms. The van der Waals surface area contributed by atoms with Gasteiger partial charge in [-0.3, -0.25) is 0 Å². The lowest BCUT2D eigenvalue weighted by Crippen LogP contribution is -2.34. The van der Waals surface area contributed by atoms with E-state index in [9.17, 15) is 4.39 Å². The van der Waals surface area contributed by atoms with Crippen molar-refractivity contribution >= 4 is 0 Å². The molecule has 1 aliphatic rings. The topological polar surface area (TPSA) is 3.24 Å². The van der Waals surface area contributed by atoms with E-state index in [1.165, 1.54) is 0 Å². The van der Waals surface area contributed by atoms with Crippen LogP contribution in [0.5, 0.6) is 0 Å². The first-order valence-electron chi connectivity index (χ1n) is 4.97. The maximum atomic E-state index is 13.0. The van der Waals surface area contributed by atoms with Crippen LogP contribution in [0, 0.1) is 5.92 Å². The second kappa shape index (κ2) is 5.52. The first-order chi connectivity index (χ1) is 5.63. The summed E-state index contributed by atoms with van der Waals surface area (Å²) in [6.07, 6.45) is 0.129. The normalized spacial score (nSPS) is 30.2. The van der Waals surface area contributed by atoms with Gasteiger partial charge in [-0.25, -0.2) is 4.39 Å². The molecule has 0 bridgehead atoms. The van der Waals surface area contributed by atoms with Crippen molar-refractivity contribution in [1.29, 1.82) is 0 Å². The molecule has 0 aromatic carbocycles. The van der Waals surface area contributed by atoms with Gasteiger partial charge in [-0.15, -0.1) is 0 Å². The van der Waals surface area contributed by atoms with Crippen molar-refractivity contribution in [3.8, 4) is 0 Å². The van der Waals surface area contributed by atoms with Crippen LogP contribution >= 0.6 is 0 Å². The van der Waals surface area contributed by atoms with Crippen molar-refractivity contribution < 1.29 is 4.39 Å². The predicted molar refractivity (Wildman–Crippen MR) is 52.1 cm³/mol. The fraction of sp³-hybridized carbons (Fsp3) is 1.00. The zero-order valence-electron chi connectivity index (χ0n) is 8.97. The molecule has 1 heterocycles. The van der Waals surface area contributed by atoms with Crippen LogP contribution in [0.25, 0.3) is 0 Å². The Labute approximate surface area is 75.9 Å². The summed E-state index contributed by atoms with van der Waals surface area (Å²) in [6.45, 7) is 9.09. The van der Waals surface area contributed by atoms with Crippen LogP contribution in [0.3, 0.4) is 0 Å². The highest BCUT2D eigenvalue weighted by Gasteiger charge is 2.33. The standard InChI is InChI=1S/C8H16FN.C2H6/c1-6(2)8-7(9)4-5-10(8)3;1-2/h6-8H,4-5H2,1-3H3;1-2H3. The molecule has 1 nitrogen and oxygen atoms in total. The summed E-state index contributed by atoms with van der Waals surface area (Å²) in [4.78, 5) is 2.12. The fourth-order valence-corrected chi connectivity index (χ4v) is 1.85. The molecule has 2 unspecified atom stereocenters. The third kappa shape index (κ3) is 2.74. The number of halogens is 1. The number of rotatable bonds is 1. The Balaban J connectivity index is 0.000000561. The SMILES string of the molecule is CC.CC(C)C1C(F)CCN1C. The lowest BCUT2D eigenvalue weighted by molar-refractivity contribution is 0.174. The minimum atomic E-state index is -0.593. The van der Waals surface area contributed by atoms with Gasteiger partial charge in [0, 0.05) is 12.6 Å². The van der Waals surface area contributed by atoms with Crippen molar-refractivity contribution in [3.63, 3.8) is 0 Å². The molecule has 1 aliphatic heterocycles. The summed E-state index contributed by atoms with van der Waals surface area (Å²) in [5.41, 5.74) is 0. The van der Waals surface area contributed by atoms with Crippen molar-refractivity contribution in [2.45, 2.75) is 46.3 Å². The van der Waals surface area contributed by atoms with E-state index in [2.05, 4.69) is 18.7 Å². The van der Waals surface area contributed by atoms with Gasteiger partial charge in [-0.2, -0.15) is 0 Å². The third-order valence-corrected chi connectivity index (χ3v) is 2.32. The van der Waals surface area contributed by atoms with Gasteiger partial charge >= 0.3 is 0 Å². The van der Waals surface area contributed by atoms with E-state index < -0.39 is 6.17 Å². The lowest BCUT2D eigenvalue weighted by atomic mass is 10.0. The monoisotopic (exact) mass is 175 g/mol. The number of likely N-dealkylation sites (tertiary alicyclic amines) is 1. The van der Waals surface area contributed by atoms with E-state index in [4.69, 9.17) is 0 Å². The van der Waals surface area contributed by atoms with Gasteiger partial charge in [0.15, 0.2) is 0 Å². The molecule has 2 atom stereocenters. The van der Waals surface area contributed by atoms with Gasteiger partial charge in [0.05, 0.1) is 0 Å². The molecule has 0 radical (unpaired) electrons. The molecule has 0 N–H and O–H groups in total. The van der Waals surface area contributed by atoms with Gasteiger partial charge < -0.3 is 4.90 Å². The maximum absolute atomic E-state index is 13.0. The molecule has 12 heavy (non-hydrogen) atoms. The van der Waals surface area contributed by atoms with Gasteiger partial charge in [-0.05, 0) is 19.4 Å². The molecule has 74 valence electrons. The first-order valence-corrected chi connectivity index (χ1v) is 4.97. The molecule has 0 aromatic rings. The van der Waals surface area contributed by atoms with Crippen LogP contribution in [-0.2, 0) is 0 Å². The molecule has 1 fully saturated rings. The highest BCUT2D eigenvalue weighted by molar-refractivity contribution is 4.86. The molecular formula is C10H22FN. The van der Waals surface area contributed by atoms with Gasteiger partial charge in [0.2, 0.25) is 0 Å². The van der Waals surface area contributed by atoms with Gasteiger partial charge in [0.25, 0.3) is 0 Å². The van der Waals surface area contributed by atoms with Crippen LogP contribution in [0.15, 0.2) is 0 Å². The van der Waals surface area contributed by atoms with E-state index in [-0.39, 0.29) is 6.04 Å². The van der Waals surface area contributed by atoms with Crippen LogP contribution in [-0.4, -0.2) is 30.7 Å². The number of nitrogens with zero attached hydrogens (tertiary/aromatic N) is 1. The average Bonchev–Trinajstić information content (AvgIpc) is 2.35. The van der Waals surface area contributed by atoms with E-state index in [0.29, 0.717) is 5.92 Å². The summed E-state index contributed by atoms with van der Waals surface area (Å²) in [6, 6.07) is 0.167. The zero-order valence-corrected chi connectivity index (χ0v) is 8.97. The lowest BCUT2D eigenvalue weighted by Gasteiger charge is -2.24. The largest absolute Gasteiger partial charge is 0.300 e. The van der Waals surface area contributed by atoms with Crippen molar-refractivity contribution in [1.82, 2.24) is 4.90 Å². The zero-order chi connectivity index (χ0) is 9.72. The highest BCUT2D eigenvalue weighted by Crippen LogP contribution is 2.24. The van der Waals surface area contributed by atoms with Crippen molar-refractivity contribution in [2.24, 2.45) is 5.92 Å². The molecule has 0 spiro atoms. The van der Waals surface area contributed by atoms with Gasteiger partial charge in [0.1, 0.15) is 6.17 Å². The Morgan fingerprint density at radius 3 is 2.00 bits per heavy atom. The second-order valence-corrected chi connectivity index (χ2v) is 3.52. The van der Waals surface area contributed by atoms with Gasteiger partial charge in [-0.1, -0.05) is 27.7 Å². The van der Waals surface area contributed by atoms with Crippen LogP contribution in [0.1, 0.15) is 34.1 Å². The average molecular weight is 175 g/mol. The fourth-order valence-electron chi connectivity index (χ4n) is 1.85. The predicted octanol–water partition coefficient (Wildman–Crippen LogP) is 2.71. The van der Waals surface area contributed by atoms with Crippen LogP contribution in [0.2, 0.25) is 0 Å². The molecule has 1 rings (SSSR count). The number of hydrogen-bond acceptors (Lipinski definition) is 1. The molecule has 1 saturated heterocycles. The van der Waals surface area contributed by atoms with E-state index in [1.807, 2.05) is 20.9 Å². The molecule has 0 amide bonds. The molecule has 0 saturated carbocycles. The van der Waals surface area contributed by atoms with E-state index in [0.717, 1.165) is 13.0 Å².